The summed E-state index contributed by atoms with van der Waals surface area (Å²) in [5, 5.41) is 4.11. The summed E-state index contributed by atoms with van der Waals surface area (Å²) in [6, 6.07) is 9.75. The SMILES string of the molecule is O=C1CCCCCN1CCC(=O)N1CCCC(c2nc(-c3ccccc3)no2)C1. The standard InChI is InChI=1S/C22H28N4O3/c27-19-11-5-2-6-13-25(19)15-12-20(28)26-14-7-10-18(16-26)22-23-21(24-29-22)17-8-3-1-4-9-17/h1,3-4,8-9,18H,2,5-7,10-16H2. The molecule has 0 N–H and O–H groups in total. The topological polar surface area (TPSA) is 79.5 Å². The van der Waals surface area contributed by atoms with Crippen LogP contribution >= 0.6 is 0 Å². The molecule has 1 unspecified atom stereocenters. The summed E-state index contributed by atoms with van der Waals surface area (Å²) in [5.74, 6) is 1.55. The van der Waals surface area contributed by atoms with Crippen molar-refractivity contribution in [1.82, 2.24) is 19.9 Å². The molecule has 2 aliphatic rings. The molecule has 0 radical (unpaired) electrons. The zero-order valence-corrected chi connectivity index (χ0v) is 16.8. The van der Waals surface area contributed by atoms with Gasteiger partial charge in [-0.3, -0.25) is 9.59 Å². The van der Waals surface area contributed by atoms with Gasteiger partial charge in [0.1, 0.15) is 0 Å². The van der Waals surface area contributed by atoms with Crippen molar-refractivity contribution in [2.24, 2.45) is 0 Å². The number of aromatic nitrogens is 2. The van der Waals surface area contributed by atoms with Crippen molar-refractivity contribution in [1.29, 1.82) is 0 Å². The van der Waals surface area contributed by atoms with Crippen molar-refractivity contribution in [3.63, 3.8) is 0 Å². The van der Waals surface area contributed by atoms with Gasteiger partial charge >= 0.3 is 0 Å². The fourth-order valence-electron chi connectivity index (χ4n) is 4.17. The Balaban J connectivity index is 1.34. The van der Waals surface area contributed by atoms with Crippen molar-refractivity contribution in [2.45, 2.75) is 50.9 Å². The van der Waals surface area contributed by atoms with Gasteiger partial charge < -0.3 is 14.3 Å². The fourth-order valence-corrected chi connectivity index (χ4v) is 4.17. The van der Waals surface area contributed by atoms with Gasteiger partial charge in [0.15, 0.2) is 0 Å². The Hall–Kier alpha value is -2.70. The second kappa shape index (κ2) is 9.20. The Bertz CT molecular complexity index is 836. The zero-order valence-electron chi connectivity index (χ0n) is 16.8. The van der Waals surface area contributed by atoms with E-state index in [4.69, 9.17) is 4.52 Å². The van der Waals surface area contributed by atoms with Gasteiger partial charge in [0.05, 0.1) is 5.92 Å². The van der Waals surface area contributed by atoms with Crippen molar-refractivity contribution < 1.29 is 14.1 Å². The van der Waals surface area contributed by atoms with Crippen LogP contribution in [0, 0.1) is 0 Å². The van der Waals surface area contributed by atoms with E-state index in [0.717, 1.165) is 50.8 Å². The molecule has 0 aliphatic carbocycles. The van der Waals surface area contributed by atoms with Gasteiger partial charge in [0.2, 0.25) is 23.5 Å². The third kappa shape index (κ3) is 4.83. The molecule has 1 aromatic carbocycles. The van der Waals surface area contributed by atoms with Gasteiger partial charge in [-0.2, -0.15) is 4.98 Å². The molecule has 0 bridgehead atoms. The summed E-state index contributed by atoms with van der Waals surface area (Å²) in [4.78, 5) is 33.2. The van der Waals surface area contributed by atoms with Crippen LogP contribution in [0.15, 0.2) is 34.9 Å². The molecule has 1 atom stereocenters. The first-order valence-corrected chi connectivity index (χ1v) is 10.7. The molecule has 2 amide bonds. The minimum absolute atomic E-state index is 0.0671. The van der Waals surface area contributed by atoms with Gasteiger partial charge in [-0.15, -0.1) is 0 Å². The lowest BCUT2D eigenvalue weighted by molar-refractivity contribution is -0.135. The van der Waals surface area contributed by atoms with Crippen molar-refractivity contribution in [2.75, 3.05) is 26.2 Å². The summed E-state index contributed by atoms with van der Waals surface area (Å²) in [6.45, 7) is 2.66. The number of amides is 2. The Kier molecular flexibility index (Phi) is 6.22. The minimum Gasteiger partial charge on any atom is -0.342 e. The third-order valence-corrected chi connectivity index (χ3v) is 5.86. The molecule has 7 heteroatoms. The van der Waals surface area contributed by atoms with E-state index in [1.807, 2.05) is 40.1 Å². The van der Waals surface area contributed by atoms with Crippen LogP contribution in [-0.2, 0) is 9.59 Å². The molecule has 29 heavy (non-hydrogen) atoms. The number of piperidine rings is 1. The van der Waals surface area contributed by atoms with Crippen molar-refractivity contribution in [3.05, 3.63) is 36.2 Å². The molecule has 3 heterocycles. The average molecular weight is 396 g/mol. The summed E-state index contributed by atoms with van der Waals surface area (Å²) in [7, 11) is 0. The van der Waals surface area contributed by atoms with Crippen LogP contribution in [0.25, 0.3) is 11.4 Å². The van der Waals surface area contributed by atoms with E-state index in [1.54, 1.807) is 0 Å². The first-order valence-electron chi connectivity index (χ1n) is 10.7. The Morgan fingerprint density at radius 3 is 2.83 bits per heavy atom. The highest BCUT2D eigenvalue weighted by atomic mass is 16.5. The van der Waals surface area contributed by atoms with Crippen LogP contribution < -0.4 is 0 Å². The molecule has 7 nitrogen and oxygen atoms in total. The van der Waals surface area contributed by atoms with E-state index >= 15 is 0 Å². The minimum atomic E-state index is 0.0671. The van der Waals surface area contributed by atoms with E-state index in [9.17, 15) is 9.59 Å². The number of hydrogen-bond acceptors (Lipinski definition) is 5. The van der Waals surface area contributed by atoms with Crippen LogP contribution in [0.3, 0.4) is 0 Å². The van der Waals surface area contributed by atoms with Gasteiger partial charge in [0, 0.05) is 44.6 Å². The number of benzene rings is 1. The normalized spacial score (nSPS) is 20.6. The highest BCUT2D eigenvalue weighted by Gasteiger charge is 2.29. The second-order valence-electron chi connectivity index (χ2n) is 7.94. The molecule has 2 aliphatic heterocycles. The van der Waals surface area contributed by atoms with Crippen molar-refractivity contribution >= 4 is 11.8 Å². The second-order valence-corrected chi connectivity index (χ2v) is 7.94. The smallest absolute Gasteiger partial charge is 0.231 e. The first kappa shape index (κ1) is 19.6. The first-order chi connectivity index (χ1) is 14.2. The molecule has 0 spiro atoms. The largest absolute Gasteiger partial charge is 0.342 e. The quantitative estimate of drug-likeness (QED) is 0.775. The van der Waals surface area contributed by atoms with E-state index in [2.05, 4.69) is 10.1 Å². The van der Waals surface area contributed by atoms with Crippen molar-refractivity contribution in [3.8, 4) is 11.4 Å². The average Bonchev–Trinajstić information content (AvgIpc) is 3.17. The molecular formula is C22H28N4O3. The van der Waals surface area contributed by atoms with Gasteiger partial charge in [-0.1, -0.05) is 41.9 Å². The van der Waals surface area contributed by atoms with Crippen LogP contribution in [0.1, 0.15) is 56.8 Å². The number of nitrogens with zero attached hydrogens (tertiary/aromatic N) is 4. The maximum absolute atomic E-state index is 12.8. The zero-order chi connectivity index (χ0) is 20.1. The lowest BCUT2D eigenvalue weighted by Gasteiger charge is -2.31. The summed E-state index contributed by atoms with van der Waals surface area (Å²) in [6.07, 6.45) is 5.95. The van der Waals surface area contributed by atoms with Crippen LogP contribution in [0.4, 0.5) is 0 Å². The van der Waals surface area contributed by atoms with E-state index in [-0.39, 0.29) is 17.7 Å². The number of hydrogen-bond donors (Lipinski definition) is 0. The molecule has 2 saturated heterocycles. The third-order valence-electron chi connectivity index (χ3n) is 5.86. The van der Waals surface area contributed by atoms with Crippen LogP contribution in [0.5, 0.6) is 0 Å². The fraction of sp³-hybridized carbons (Fsp3) is 0.545. The molecular weight excluding hydrogens is 368 g/mol. The van der Waals surface area contributed by atoms with Gasteiger partial charge in [0.25, 0.3) is 0 Å². The number of carbonyl (C=O) groups is 2. The summed E-state index contributed by atoms with van der Waals surface area (Å²) < 4.78 is 5.52. The van der Waals surface area contributed by atoms with Crippen LogP contribution in [0.2, 0.25) is 0 Å². The molecule has 2 fully saturated rings. The highest BCUT2D eigenvalue weighted by molar-refractivity contribution is 5.79. The molecule has 0 saturated carbocycles. The Labute approximate surface area is 171 Å². The number of carbonyl (C=O) groups excluding carboxylic acids is 2. The summed E-state index contributed by atoms with van der Waals surface area (Å²) >= 11 is 0. The Morgan fingerprint density at radius 1 is 1.10 bits per heavy atom. The number of rotatable bonds is 5. The maximum atomic E-state index is 12.8. The highest BCUT2D eigenvalue weighted by Crippen LogP contribution is 2.28. The molecule has 4 rings (SSSR count). The lowest BCUT2D eigenvalue weighted by atomic mass is 9.97. The Morgan fingerprint density at radius 2 is 1.97 bits per heavy atom. The molecule has 2 aromatic rings. The summed E-state index contributed by atoms with van der Waals surface area (Å²) in [5.41, 5.74) is 0.924. The van der Waals surface area contributed by atoms with E-state index < -0.39 is 0 Å². The maximum Gasteiger partial charge on any atom is 0.231 e. The van der Waals surface area contributed by atoms with Gasteiger partial charge in [-0.05, 0) is 25.7 Å². The van der Waals surface area contributed by atoms with E-state index in [1.165, 1.54) is 0 Å². The van der Waals surface area contributed by atoms with E-state index in [0.29, 0.717) is 37.6 Å². The monoisotopic (exact) mass is 396 g/mol. The van der Waals surface area contributed by atoms with Crippen LogP contribution in [-0.4, -0.2) is 57.9 Å². The molecule has 1 aromatic heterocycles. The predicted molar refractivity (Wildman–Crippen MR) is 108 cm³/mol. The lowest BCUT2D eigenvalue weighted by Crippen LogP contribution is -2.41. The predicted octanol–water partition coefficient (Wildman–Crippen LogP) is 3.24. The number of likely N-dealkylation sites (tertiary alicyclic amines) is 2. The molecule has 154 valence electrons. The van der Waals surface area contributed by atoms with Gasteiger partial charge in [-0.25, -0.2) is 0 Å².